The number of para-hydroxylation sites is 1. The highest BCUT2D eigenvalue weighted by Gasteiger charge is 2.47. The number of imide groups is 1. The smallest absolute Gasteiger partial charge is 0.325 e. The van der Waals surface area contributed by atoms with Gasteiger partial charge >= 0.3 is 6.03 Å². The third kappa shape index (κ3) is 3.83. The van der Waals surface area contributed by atoms with Gasteiger partial charge in [0.25, 0.3) is 0 Å². The topological polar surface area (TPSA) is 69.7 Å². The molecule has 4 amide bonds. The van der Waals surface area contributed by atoms with Gasteiger partial charge in [-0.15, -0.1) is 23.1 Å². The number of thiophene rings is 1. The summed E-state index contributed by atoms with van der Waals surface area (Å²) in [6.45, 7) is 0.224. The van der Waals surface area contributed by atoms with Crippen molar-refractivity contribution in [3.63, 3.8) is 0 Å². The number of hydrogen-bond acceptors (Lipinski definition) is 5. The Morgan fingerprint density at radius 2 is 1.93 bits per heavy atom. The molecule has 2 aliphatic heterocycles. The van der Waals surface area contributed by atoms with Gasteiger partial charge in [0.2, 0.25) is 11.8 Å². The molecule has 2 aliphatic rings. The molecule has 6 nitrogen and oxygen atoms in total. The Morgan fingerprint density at radius 1 is 1.11 bits per heavy atom. The molecule has 144 valence electrons. The van der Waals surface area contributed by atoms with E-state index in [0.717, 1.165) is 4.88 Å². The monoisotopic (exact) mass is 413 g/mol. The van der Waals surface area contributed by atoms with Crippen LogP contribution in [0, 0.1) is 0 Å². The highest BCUT2D eigenvalue weighted by Crippen LogP contribution is 2.34. The predicted octanol–water partition coefficient (Wildman–Crippen LogP) is 3.19. The molecule has 4 rings (SSSR count). The normalized spacial score (nSPS) is 21.1. The summed E-state index contributed by atoms with van der Waals surface area (Å²) in [6, 6.07) is 12.3. The van der Waals surface area contributed by atoms with E-state index >= 15 is 0 Å². The molecule has 1 fully saturated rings. The number of anilines is 1. The van der Waals surface area contributed by atoms with Crippen LogP contribution in [0.3, 0.4) is 0 Å². The number of fused-ring (bicyclic) bond motifs is 1. The number of rotatable bonds is 6. The fourth-order valence-electron chi connectivity index (χ4n) is 3.33. The van der Waals surface area contributed by atoms with Gasteiger partial charge in [0.05, 0.1) is 6.04 Å². The van der Waals surface area contributed by atoms with Crippen molar-refractivity contribution in [3.8, 4) is 0 Å². The van der Waals surface area contributed by atoms with Crippen LogP contribution >= 0.6 is 23.1 Å². The van der Waals surface area contributed by atoms with Crippen molar-refractivity contribution in [1.82, 2.24) is 9.80 Å². The molecule has 0 spiro atoms. The minimum Gasteiger partial charge on any atom is -0.325 e. The summed E-state index contributed by atoms with van der Waals surface area (Å²) in [5.41, 5.74) is 0.676. The quantitative estimate of drug-likeness (QED) is 0.790. The van der Waals surface area contributed by atoms with Crippen LogP contribution in [0.5, 0.6) is 0 Å². The Kier molecular flexibility index (Phi) is 5.50. The number of amides is 4. The van der Waals surface area contributed by atoms with Gasteiger partial charge in [0.15, 0.2) is 0 Å². The van der Waals surface area contributed by atoms with Gasteiger partial charge in [-0.3, -0.25) is 14.5 Å². The van der Waals surface area contributed by atoms with E-state index in [1.54, 1.807) is 23.5 Å². The molecule has 8 heteroatoms. The maximum absolute atomic E-state index is 13.0. The van der Waals surface area contributed by atoms with E-state index in [4.69, 9.17) is 0 Å². The minimum absolute atomic E-state index is 0.0947. The summed E-state index contributed by atoms with van der Waals surface area (Å²) < 4.78 is 0. The lowest BCUT2D eigenvalue weighted by Gasteiger charge is -2.40. The van der Waals surface area contributed by atoms with Crippen LogP contribution in [-0.4, -0.2) is 52.0 Å². The van der Waals surface area contributed by atoms with Crippen molar-refractivity contribution in [2.24, 2.45) is 0 Å². The molecule has 1 aromatic carbocycles. The first-order chi connectivity index (χ1) is 13.6. The van der Waals surface area contributed by atoms with Crippen LogP contribution < -0.4 is 5.32 Å². The summed E-state index contributed by atoms with van der Waals surface area (Å²) in [7, 11) is 0. The molecule has 2 unspecified atom stereocenters. The molecule has 1 saturated heterocycles. The van der Waals surface area contributed by atoms with E-state index in [-0.39, 0.29) is 29.7 Å². The number of benzene rings is 1. The molecule has 0 radical (unpaired) electrons. The minimum atomic E-state index is -0.404. The van der Waals surface area contributed by atoms with Gasteiger partial charge in [0, 0.05) is 17.1 Å². The Labute approximate surface area is 171 Å². The average Bonchev–Trinajstić information content (AvgIpc) is 3.38. The second-order valence-electron chi connectivity index (χ2n) is 6.52. The summed E-state index contributed by atoms with van der Waals surface area (Å²) in [5.74, 6) is -0.461. The molecule has 1 aromatic heterocycles. The van der Waals surface area contributed by atoms with Crippen LogP contribution in [0.2, 0.25) is 0 Å². The van der Waals surface area contributed by atoms with Gasteiger partial charge in [-0.1, -0.05) is 30.3 Å². The maximum atomic E-state index is 13.0. The highest BCUT2D eigenvalue weighted by molar-refractivity contribution is 8.03. The number of carbonyl (C=O) groups is 3. The molecule has 3 heterocycles. The molecule has 0 bridgehead atoms. The zero-order valence-corrected chi connectivity index (χ0v) is 16.6. The van der Waals surface area contributed by atoms with E-state index in [0.29, 0.717) is 18.7 Å². The first-order valence-electron chi connectivity index (χ1n) is 8.95. The van der Waals surface area contributed by atoms with Crippen LogP contribution in [-0.2, 0) is 16.0 Å². The zero-order valence-electron chi connectivity index (χ0n) is 15.0. The lowest BCUT2D eigenvalue weighted by Crippen LogP contribution is -2.63. The maximum Gasteiger partial charge on any atom is 0.327 e. The van der Waals surface area contributed by atoms with Crippen LogP contribution in [0.25, 0.3) is 0 Å². The van der Waals surface area contributed by atoms with Gasteiger partial charge < -0.3 is 10.2 Å². The molecule has 0 aliphatic carbocycles. The summed E-state index contributed by atoms with van der Waals surface area (Å²) >= 11 is 3.01. The molecule has 28 heavy (non-hydrogen) atoms. The standard InChI is InChI=1S/C20H19N3O3S2/c24-17(21-14-5-2-1-3-6-14)13-23-16-9-12-28-18(16)19(25)22(20(23)26)10-8-15-7-4-11-27-15/h1-7,9,11-12,16,18H,8,10,13H2,(H,21,24). The number of urea groups is 1. The fraction of sp³-hybridized carbons (Fsp3) is 0.250. The fourth-order valence-corrected chi connectivity index (χ4v) is 5.09. The largest absolute Gasteiger partial charge is 0.327 e. The summed E-state index contributed by atoms with van der Waals surface area (Å²) in [6.07, 6.45) is 2.45. The van der Waals surface area contributed by atoms with Gasteiger partial charge in [-0.2, -0.15) is 0 Å². The lowest BCUT2D eigenvalue weighted by molar-refractivity contribution is -0.132. The molecule has 1 N–H and O–H groups in total. The van der Waals surface area contributed by atoms with E-state index in [2.05, 4.69) is 5.32 Å². The second kappa shape index (κ2) is 8.20. The van der Waals surface area contributed by atoms with Crippen LogP contribution in [0.15, 0.2) is 59.3 Å². The third-order valence-electron chi connectivity index (χ3n) is 4.69. The molecule has 0 saturated carbocycles. The lowest BCUT2D eigenvalue weighted by atomic mass is 10.1. The number of thioether (sulfide) groups is 1. The number of nitrogens with one attached hydrogen (secondary N) is 1. The Bertz CT molecular complexity index is 899. The SMILES string of the molecule is O=C(CN1C(=O)N(CCc2cccs2)C(=O)C2SC=CC21)Nc1ccccc1. The third-order valence-corrected chi connectivity index (χ3v) is 6.71. The number of hydrogen-bond donors (Lipinski definition) is 1. The van der Waals surface area contributed by atoms with Crippen LogP contribution in [0.4, 0.5) is 10.5 Å². The number of nitrogens with zero attached hydrogens (tertiary/aromatic N) is 2. The van der Waals surface area contributed by atoms with Gasteiger partial charge in [0.1, 0.15) is 11.8 Å². The number of carbonyl (C=O) groups excluding carboxylic acids is 3. The second-order valence-corrected chi connectivity index (χ2v) is 8.60. The molecule has 2 aromatic rings. The van der Waals surface area contributed by atoms with E-state index in [1.165, 1.54) is 21.6 Å². The summed E-state index contributed by atoms with van der Waals surface area (Å²) in [4.78, 5) is 42.3. The van der Waals surface area contributed by atoms with E-state index < -0.39 is 6.03 Å². The van der Waals surface area contributed by atoms with Crippen molar-refractivity contribution in [1.29, 1.82) is 0 Å². The Balaban J connectivity index is 1.48. The Hall–Kier alpha value is -2.58. The molecular weight excluding hydrogens is 394 g/mol. The average molecular weight is 414 g/mol. The van der Waals surface area contributed by atoms with Crippen molar-refractivity contribution < 1.29 is 14.4 Å². The molecule has 2 atom stereocenters. The predicted molar refractivity (Wildman–Crippen MR) is 111 cm³/mol. The van der Waals surface area contributed by atoms with Crippen molar-refractivity contribution in [2.75, 3.05) is 18.4 Å². The molecular formula is C20H19N3O3S2. The first kappa shape index (κ1) is 18.8. The zero-order chi connectivity index (χ0) is 19.5. The first-order valence-corrected chi connectivity index (χ1v) is 10.8. The van der Waals surface area contributed by atoms with E-state index in [9.17, 15) is 14.4 Å². The summed E-state index contributed by atoms with van der Waals surface area (Å²) in [5, 5.41) is 6.23. The van der Waals surface area contributed by atoms with Crippen molar-refractivity contribution in [2.45, 2.75) is 17.7 Å². The van der Waals surface area contributed by atoms with Gasteiger partial charge in [-0.05, 0) is 35.4 Å². The van der Waals surface area contributed by atoms with E-state index in [1.807, 2.05) is 47.2 Å². The Morgan fingerprint density at radius 3 is 2.68 bits per heavy atom. The van der Waals surface area contributed by atoms with Crippen molar-refractivity contribution >= 4 is 46.6 Å². The van der Waals surface area contributed by atoms with Gasteiger partial charge in [-0.25, -0.2) is 4.79 Å². The van der Waals surface area contributed by atoms with Crippen LogP contribution in [0.1, 0.15) is 4.88 Å². The van der Waals surface area contributed by atoms with Crippen molar-refractivity contribution in [3.05, 3.63) is 64.2 Å². The highest BCUT2D eigenvalue weighted by atomic mass is 32.2.